The molecule has 1 aromatic carbocycles. The Morgan fingerprint density at radius 2 is 2.06 bits per heavy atom. The Hall–Kier alpha value is -1.31. The van der Waals surface area contributed by atoms with Crippen LogP contribution < -0.4 is 4.74 Å². The number of aryl methyl sites for hydroxylation is 1. The van der Waals surface area contributed by atoms with E-state index in [9.17, 15) is 4.79 Å². The second kappa shape index (κ2) is 7.20. The highest BCUT2D eigenvalue weighted by Gasteiger charge is 2.21. The lowest BCUT2D eigenvalue weighted by atomic mass is 9.89. The van der Waals surface area contributed by atoms with E-state index in [1.807, 2.05) is 25.1 Å². The highest BCUT2D eigenvalue weighted by Crippen LogP contribution is 2.26. The molecule has 1 aromatic rings. The van der Waals surface area contributed by atoms with Gasteiger partial charge in [0.1, 0.15) is 5.75 Å². The normalized spacial score (nSPS) is 12.2. The molecular formula is C16H24O2. The number of carbonyl (C=O) groups is 1. The quantitative estimate of drug-likeness (QED) is 0.668. The Balaban J connectivity index is 2.96. The third-order valence-electron chi connectivity index (χ3n) is 3.39. The van der Waals surface area contributed by atoms with E-state index in [1.165, 1.54) is 0 Å². The molecule has 0 amide bonds. The van der Waals surface area contributed by atoms with E-state index in [4.69, 9.17) is 4.74 Å². The Kier molecular flexibility index (Phi) is 5.90. The van der Waals surface area contributed by atoms with E-state index in [2.05, 4.69) is 13.8 Å². The summed E-state index contributed by atoms with van der Waals surface area (Å²) in [6, 6.07) is 5.80. The topological polar surface area (TPSA) is 26.3 Å². The largest absolute Gasteiger partial charge is 0.496 e. The molecule has 1 rings (SSSR count). The van der Waals surface area contributed by atoms with Crippen LogP contribution in [0.5, 0.6) is 5.75 Å². The van der Waals surface area contributed by atoms with Crippen LogP contribution in [0.4, 0.5) is 0 Å². The lowest BCUT2D eigenvalue weighted by Crippen LogP contribution is -2.15. The summed E-state index contributed by atoms with van der Waals surface area (Å²) in [6.07, 6.45) is 4.12. The van der Waals surface area contributed by atoms with Crippen molar-refractivity contribution in [1.82, 2.24) is 0 Å². The molecule has 0 aliphatic carbocycles. The third kappa shape index (κ3) is 3.59. The number of hydrogen-bond donors (Lipinski definition) is 0. The van der Waals surface area contributed by atoms with Crippen LogP contribution in [0.3, 0.4) is 0 Å². The molecule has 0 aromatic heterocycles. The van der Waals surface area contributed by atoms with E-state index in [0.29, 0.717) is 5.75 Å². The summed E-state index contributed by atoms with van der Waals surface area (Å²) in [4.78, 5) is 12.5. The van der Waals surface area contributed by atoms with Crippen LogP contribution in [0.25, 0.3) is 0 Å². The maximum atomic E-state index is 12.5. The highest BCUT2D eigenvalue weighted by molar-refractivity contribution is 6.00. The Morgan fingerprint density at radius 3 is 2.61 bits per heavy atom. The molecule has 0 bridgehead atoms. The minimum Gasteiger partial charge on any atom is -0.496 e. The Labute approximate surface area is 110 Å². The van der Waals surface area contributed by atoms with Gasteiger partial charge in [0.05, 0.1) is 12.7 Å². The van der Waals surface area contributed by atoms with Crippen molar-refractivity contribution in [2.45, 2.75) is 46.5 Å². The van der Waals surface area contributed by atoms with Crippen LogP contribution in [0.1, 0.15) is 55.5 Å². The Bertz CT molecular complexity index is 396. The molecule has 0 heterocycles. The molecule has 100 valence electrons. The fraction of sp³-hybridized carbons (Fsp3) is 0.562. The van der Waals surface area contributed by atoms with Crippen LogP contribution in [0, 0.1) is 12.8 Å². The molecular weight excluding hydrogens is 224 g/mol. The van der Waals surface area contributed by atoms with Crippen LogP contribution in [-0.4, -0.2) is 12.9 Å². The summed E-state index contributed by atoms with van der Waals surface area (Å²) in [6.45, 7) is 6.24. The fourth-order valence-corrected chi connectivity index (χ4v) is 2.21. The van der Waals surface area contributed by atoms with Crippen LogP contribution in [0.2, 0.25) is 0 Å². The van der Waals surface area contributed by atoms with Crippen LogP contribution in [-0.2, 0) is 0 Å². The number of ether oxygens (including phenoxy) is 1. The summed E-state index contributed by atoms with van der Waals surface area (Å²) in [5.74, 6) is 1.05. The lowest BCUT2D eigenvalue weighted by molar-refractivity contribution is 0.0905. The number of hydrogen-bond acceptors (Lipinski definition) is 2. The summed E-state index contributed by atoms with van der Waals surface area (Å²) in [5, 5.41) is 0. The molecule has 18 heavy (non-hydrogen) atoms. The average molecular weight is 248 g/mol. The lowest BCUT2D eigenvalue weighted by Gasteiger charge is -2.15. The highest BCUT2D eigenvalue weighted by atomic mass is 16.5. The van der Waals surface area contributed by atoms with Crippen molar-refractivity contribution in [2.75, 3.05) is 7.11 Å². The number of ketones is 1. The number of carbonyl (C=O) groups excluding carboxylic acids is 1. The van der Waals surface area contributed by atoms with E-state index in [0.717, 1.165) is 36.8 Å². The number of rotatable bonds is 7. The summed E-state index contributed by atoms with van der Waals surface area (Å²) >= 11 is 0. The van der Waals surface area contributed by atoms with Gasteiger partial charge in [-0.1, -0.05) is 38.3 Å². The van der Waals surface area contributed by atoms with E-state index in [-0.39, 0.29) is 11.7 Å². The molecule has 0 aliphatic heterocycles. The van der Waals surface area contributed by atoms with Crippen LogP contribution in [0.15, 0.2) is 18.2 Å². The van der Waals surface area contributed by atoms with E-state index in [1.54, 1.807) is 7.11 Å². The second-order valence-electron chi connectivity index (χ2n) is 4.82. The molecule has 0 fully saturated rings. The minimum absolute atomic E-state index is 0.126. The van der Waals surface area contributed by atoms with Gasteiger partial charge in [0.25, 0.3) is 0 Å². The van der Waals surface area contributed by atoms with Gasteiger partial charge in [-0.2, -0.15) is 0 Å². The molecule has 0 saturated carbocycles. The first-order valence-corrected chi connectivity index (χ1v) is 6.82. The van der Waals surface area contributed by atoms with Gasteiger partial charge in [0.15, 0.2) is 5.78 Å². The predicted molar refractivity (Wildman–Crippen MR) is 75.4 cm³/mol. The number of unbranched alkanes of at least 4 members (excludes halogenated alkanes) is 1. The molecule has 0 spiro atoms. The molecule has 2 nitrogen and oxygen atoms in total. The average Bonchev–Trinajstić information content (AvgIpc) is 2.39. The molecule has 0 radical (unpaired) electrons. The molecule has 0 N–H and O–H groups in total. The number of Topliss-reactive ketones (excluding diaryl/α,β-unsaturated/α-hetero) is 1. The molecule has 0 saturated heterocycles. The fourth-order valence-electron chi connectivity index (χ4n) is 2.21. The number of methoxy groups -OCH3 is 1. The van der Waals surface area contributed by atoms with Crippen molar-refractivity contribution in [3.8, 4) is 5.75 Å². The van der Waals surface area contributed by atoms with Crippen molar-refractivity contribution in [2.24, 2.45) is 5.92 Å². The molecule has 1 atom stereocenters. The van der Waals surface area contributed by atoms with Gasteiger partial charge in [-0.25, -0.2) is 0 Å². The van der Waals surface area contributed by atoms with Gasteiger partial charge < -0.3 is 4.74 Å². The van der Waals surface area contributed by atoms with Gasteiger partial charge in [-0.3, -0.25) is 4.79 Å². The van der Waals surface area contributed by atoms with Crippen molar-refractivity contribution in [3.63, 3.8) is 0 Å². The summed E-state index contributed by atoms with van der Waals surface area (Å²) < 4.78 is 5.30. The Morgan fingerprint density at radius 1 is 1.33 bits per heavy atom. The molecule has 1 unspecified atom stereocenters. The maximum absolute atomic E-state index is 12.5. The van der Waals surface area contributed by atoms with Crippen molar-refractivity contribution in [1.29, 1.82) is 0 Å². The van der Waals surface area contributed by atoms with Gasteiger partial charge in [-0.05, 0) is 31.9 Å². The minimum atomic E-state index is 0.126. The summed E-state index contributed by atoms with van der Waals surface area (Å²) in [7, 11) is 1.62. The van der Waals surface area contributed by atoms with Crippen molar-refractivity contribution >= 4 is 5.78 Å². The zero-order valence-corrected chi connectivity index (χ0v) is 12.0. The zero-order valence-electron chi connectivity index (χ0n) is 12.0. The van der Waals surface area contributed by atoms with E-state index >= 15 is 0 Å². The SMILES string of the molecule is CCCCC(CC)C(=O)c1cc(C)ccc1OC. The third-order valence-corrected chi connectivity index (χ3v) is 3.39. The van der Waals surface area contributed by atoms with Crippen molar-refractivity contribution in [3.05, 3.63) is 29.3 Å². The maximum Gasteiger partial charge on any atom is 0.169 e. The van der Waals surface area contributed by atoms with Crippen molar-refractivity contribution < 1.29 is 9.53 Å². The molecule has 2 heteroatoms. The number of benzene rings is 1. The smallest absolute Gasteiger partial charge is 0.169 e. The first kappa shape index (κ1) is 14.7. The zero-order chi connectivity index (χ0) is 13.5. The summed E-state index contributed by atoms with van der Waals surface area (Å²) in [5.41, 5.74) is 1.84. The van der Waals surface area contributed by atoms with Crippen LogP contribution >= 0.6 is 0 Å². The first-order valence-electron chi connectivity index (χ1n) is 6.82. The monoisotopic (exact) mass is 248 g/mol. The second-order valence-corrected chi connectivity index (χ2v) is 4.82. The van der Waals surface area contributed by atoms with E-state index < -0.39 is 0 Å². The molecule has 0 aliphatic rings. The standard InChI is InChI=1S/C16H24O2/c1-5-7-8-13(6-2)16(17)14-11-12(3)9-10-15(14)18-4/h9-11,13H,5-8H2,1-4H3. The van der Waals surface area contributed by atoms with Gasteiger partial charge in [-0.15, -0.1) is 0 Å². The predicted octanol–water partition coefficient (Wildman–Crippen LogP) is 4.40. The first-order chi connectivity index (χ1) is 8.63. The van der Waals surface area contributed by atoms with Gasteiger partial charge in [0.2, 0.25) is 0 Å². The van der Waals surface area contributed by atoms with Gasteiger partial charge in [0, 0.05) is 5.92 Å². The van der Waals surface area contributed by atoms with Gasteiger partial charge >= 0.3 is 0 Å².